The van der Waals surface area contributed by atoms with Gasteiger partial charge in [-0.15, -0.1) is 0 Å². The monoisotopic (exact) mass is 1380 g/mol. The maximum atomic E-state index is 12.9. The highest BCUT2D eigenvalue weighted by atomic mass is 19.1. The molecule has 5 nitrogen and oxygen atoms in total. The van der Waals surface area contributed by atoms with Gasteiger partial charge in [0.1, 0.15) is 5.67 Å². The van der Waals surface area contributed by atoms with Crippen LogP contribution in [0.15, 0.2) is 91.0 Å². The van der Waals surface area contributed by atoms with Gasteiger partial charge in [-0.1, -0.05) is 263 Å². The first-order chi connectivity index (χ1) is 44.4. The third-order valence-electron chi connectivity index (χ3n) is 22.0. The molecule has 0 aromatic heterocycles. The van der Waals surface area contributed by atoms with Crippen molar-refractivity contribution in [1.29, 1.82) is 0 Å². The van der Waals surface area contributed by atoms with E-state index in [0.717, 1.165) is 41.3 Å². The van der Waals surface area contributed by atoms with Gasteiger partial charge in [-0.25, -0.2) is 4.39 Å². The Morgan fingerprint density at radius 2 is 0.778 bits per heavy atom. The van der Waals surface area contributed by atoms with Gasteiger partial charge in [0.15, 0.2) is 0 Å². The molecule has 12 rings (SSSR count). The molecule has 574 valence electrons. The summed E-state index contributed by atoms with van der Waals surface area (Å²) in [6.07, 6.45) is 17.6. The van der Waals surface area contributed by atoms with Gasteiger partial charge in [-0.3, -0.25) is 4.90 Å². The molecule has 4 saturated heterocycles. The second-order valence-corrected chi connectivity index (χ2v) is 38.8. The van der Waals surface area contributed by atoms with Crippen LogP contribution in [0.5, 0.6) is 0 Å². The third kappa shape index (κ3) is 35.0. The minimum absolute atomic E-state index is 0. The molecule has 0 amide bonds. The van der Waals surface area contributed by atoms with Crippen molar-refractivity contribution in [2.24, 2.45) is 28.6 Å². The molecule has 4 aliphatic heterocycles. The molecule has 0 N–H and O–H groups in total. The predicted octanol–water partition coefficient (Wildman–Crippen LogP) is 26.3. The summed E-state index contributed by atoms with van der Waals surface area (Å²) in [4.78, 5) is 11.9. The van der Waals surface area contributed by atoms with Gasteiger partial charge in [0.2, 0.25) is 0 Å². The molecular formula is C93H170FN5. The number of hydrogen-bond acceptors (Lipinski definition) is 5. The fourth-order valence-electron chi connectivity index (χ4n) is 13.0. The highest BCUT2D eigenvalue weighted by molar-refractivity contribution is 5.86. The van der Waals surface area contributed by atoms with Gasteiger partial charge in [0.25, 0.3) is 0 Å². The Morgan fingerprint density at radius 3 is 0.980 bits per heavy atom. The van der Waals surface area contributed by atoms with Crippen LogP contribution in [0.1, 0.15) is 340 Å². The van der Waals surface area contributed by atoms with E-state index in [-0.39, 0.29) is 42.1 Å². The Balaban J connectivity index is 0.00000109. The molecule has 4 aromatic rings. The lowest BCUT2D eigenvalue weighted by molar-refractivity contribution is -0.181. The number of alkyl halides is 1. The number of piperidine rings is 1. The standard InChI is InChI=1S/C14H16.C14H22.C13H20.C9H16.C8H16FN.C8H17N.C7H15N.C7H14.C6H13N.C5H13N.2CH4/c1-14(2,3)13-10-6-8-11-7-4-5-9-12(11)13;1-13(2,3)11-7-9-12(10-8-11)14(4,5)6;1-10(2)11-6-8-12(9-7-11)13(3,4)5;1-8(2,3)9-4-7(5-9)6-9;1-7(2,3)10-5-8(4,9)6-10;1-8(2)9-6-4-3-5-7-9;1-7(2)8-5-3-4-6-8;2*1-6(2)7-4-3-5-7;1-5(2)6(3)4;;/h4-10H,1-3H3;7-10H,1-6H3;6-10H,1-5H3;7H,4-6H2,1-3H3;5-6H2,1-4H3;8H,3-7H2,1-2H3;7H,3-6H2,1-2H3;6-7H,3-5H2,1-2H3;6H,3-5H2,1-2H3;5H,1-4H3;2*1H4. The number of likely N-dealkylation sites (tertiary alicyclic amines) is 4. The Hall–Kier alpha value is -3.13. The van der Waals surface area contributed by atoms with E-state index in [1.165, 1.54) is 155 Å². The van der Waals surface area contributed by atoms with Gasteiger partial charge in [0, 0.05) is 42.8 Å². The summed E-state index contributed by atoms with van der Waals surface area (Å²) < 4.78 is 12.9. The Labute approximate surface area is 619 Å². The molecule has 4 aliphatic carbocycles. The lowest BCUT2D eigenvalue weighted by Gasteiger charge is -2.68. The molecule has 8 aliphatic rings. The van der Waals surface area contributed by atoms with Gasteiger partial charge in [-0.05, 0) is 283 Å². The summed E-state index contributed by atoms with van der Waals surface area (Å²) in [7, 11) is 4.15. The molecule has 2 bridgehead atoms. The highest BCUT2D eigenvalue weighted by Gasteiger charge is 2.61. The van der Waals surface area contributed by atoms with Crippen molar-refractivity contribution in [3.63, 3.8) is 0 Å². The number of rotatable bonds is 6. The topological polar surface area (TPSA) is 16.2 Å². The Morgan fingerprint density at radius 1 is 0.434 bits per heavy atom. The fraction of sp³-hybridized carbons (Fsp3) is 0.763. The van der Waals surface area contributed by atoms with Crippen molar-refractivity contribution in [2.45, 2.75) is 369 Å². The maximum Gasteiger partial charge on any atom is 0.133 e. The van der Waals surface area contributed by atoms with Crippen LogP contribution in [0.25, 0.3) is 10.8 Å². The van der Waals surface area contributed by atoms with E-state index >= 15 is 0 Å². The van der Waals surface area contributed by atoms with Crippen molar-refractivity contribution in [2.75, 3.05) is 66.5 Å². The first kappa shape index (κ1) is 95.9. The number of benzene rings is 4. The fourth-order valence-corrected chi connectivity index (χ4v) is 13.0. The van der Waals surface area contributed by atoms with Crippen LogP contribution in [0, 0.1) is 28.6 Å². The molecule has 6 heteroatoms. The molecule has 99 heavy (non-hydrogen) atoms. The van der Waals surface area contributed by atoms with Gasteiger partial charge in [0.05, 0.1) is 0 Å². The van der Waals surface area contributed by atoms with Crippen molar-refractivity contribution in [3.8, 4) is 0 Å². The van der Waals surface area contributed by atoms with Crippen molar-refractivity contribution < 1.29 is 4.39 Å². The zero-order valence-electron chi connectivity index (χ0n) is 70.5. The molecule has 0 unspecified atom stereocenters. The maximum absolute atomic E-state index is 12.9. The minimum atomic E-state index is -0.923. The largest absolute Gasteiger partial charge is 0.307 e. The summed E-state index contributed by atoms with van der Waals surface area (Å²) in [6, 6.07) is 36.1. The van der Waals surface area contributed by atoms with Crippen LogP contribution in [-0.4, -0.2) is 126 Å². The van der Waals surface area contributed by atoms with E-state index in [9.17, 15) is 4.39 Å². The van der Waals surface area contributed by atoms with Crippen LogP contribution in [0.4, 0.5) is 4.39 Å². The SMILES string of the molecule is C.C.CC(C)(C)C12CC(C1)C2.CC(C)(C)c1ccc(C(C)(C)C)cc1.CC(C)(C)c1cccc2ccccc12.CC(C)C1CCC1.CC(C)N(C)C.CC(C)N1CCC1.CC(C)N1CCCC1.CC(C)N1CCCCC1.CC(C)c1ccc(C(C)(C)C)cc1.CC1(F)CN(C(C)(C)C)C1. The molecule has 8 fully saturated rings. The minimum Gasteiger partial charge on any atom is -0.307 e. The molecule has 0 radical (unpaired) electrons. The average Bonchev–Trinajstić information content (AvgIpc) is 0.796. The van der Waals surface area contributed by atoms with Gasteiger partial charge >= 0.3 is 0 Å². The number of halogens is 1. The Kier molecular flexibility index (Phi) is 41.4. The summed E-state index contributed by atoms with van der Waals surface area (Å²) in [5.41, 5.74) is 8.72. The van der Waals surface area contributed by atoms with Crippen LogP contribution in [-0.2, 0) is 21.7 Å². The zero-order valence-corrected chi connectivity index (χ0v) is 70.5. The van der Waals surface area contributed by atoms with Crippen molar-refractivity contribution in [1.82, 2.24) is 24.5 Å². The molecule has 4 aromatic carbocycles. The van der Waals surface area contributed by atoms with E-state index in [2.05, 4.69) is 337 Å². The summed E-state index contributed by atoms with van der Waals surface area (Å²) >= 11 is 0. The van der Waals surface area contributed by atoms with Crippen LogP contribution in [0.3, 0.4) is 0 Å². The van der Waals surface area contributed by atoms with Gasteiger partial charge < -0.3 is 19.6 Å². The van der Waals surface area contributed by atoms with Gasteiger partial charge in [-0.2, -0.15) is 0 Å². The summed E-state index contributed by atoms with van der Waals surface area (Å²) in [5.74, 6) is 3.81. The summed E-state index contributed by atoms with van der Waals surface area (Å²) in [6.45, 7) is 78.4. The molecule has 0 spiro atoms. The van der Waals surface area contributed by atoms with Crippen molar-refractivity contribution in [3.05, 3.63) is 119 Å². The lowest BCUT2D eigenvalue weighted by atomic mass is 9.37. The quantitative estimate of drug-likeness (QED) is 0.191. The third-order valence-corrected chi connectivity index (χ3v) is 22.0. The van der Waals surface area contributed by atoms with E-state index in [0.29, 0.717) is 30.5 Å². The van der Waals surface area contributed by atoms with Crippen LogP contribution in [0.2, 0.25) is 0 Å². The smallest absolute Gasteiger partial charge is 0.133 e. The first-order valence-electron chi connectivity index (χ1n) is 39.4. The molecule has 4 heterocycles. The van der Waals surface area contributed by atoms with Crippen LogP contribution < -0.4 is 0 Å². The second-order valence-electron chi connectivity index (χ2n) is 38.8. The van der Waals surface area contributed by atoms with Crippen molar-refractivity contribution >= 4 is 10.8 Å². The predicted molar refractivity (Wildman–Crippen MR) is 448 cm³/mol. The first-order valence-corrected chi connectivity index (χ1v) is 39.4. The average molecular weight is 1380 g/mol. The van der Waals surface area contributed by atoms with E-state index in [1.807, 2.05) is 0 Å². The lowest BCUT2D eigenvalue weighted by Crippen LogP contribution is -2.63. The Bertz CT molecular complexity index is 2610. The number of hydrogen-bond donors (Lipinski definition) is 0. The molecule has 4 saturated carbocycles. The van der Waals surface area contributed by atoms with Crippen LogP contribution >= 0.6 is 0 Å². The summed E-state index contributed by atoms with van der Waals surface area (Å²) in [5, 5.41) is 2.71. The highest BCUT2D eigenvalue weighted by Crippen LogP contribution is 2.71. The number of fused-ring (bicyclic) bond motifs is 1. The van der Waals surface area contributed by atoms with E-state index in [1.54, 1.807) is 6.92 Å². The van der Waals surface area contributed by atoms with E-state index < -0.39 is 5.67 Å². The molecule has 0 atom stereocenters. The second kappa shape index (κ2) is 42.7. The van der Waals surface area contributed by atoms with E-state index in [4.69, 9.17) is 0 Å². The normalized spacial score (nSPS) is 19.9. The zero-order chi connectivity index (χ0) is 74.3. The number of nitrogens with zero attached hydrogens (tertiary/aromatic N) is 5. The molecular weight excluding hydrogens is 1210 g/mol.